The van der Waals surface area contributed by atoms with Crippen LogP contribution in [0.3, 0.4) is 0 Å². The topological polar surface area (TPSA) is 109 Å². The van der Waals surface area contributed by atoms with Gasteiger partial charge in [0.2, 0.25) is 5.95 Å². The average Bonchev–Trinajstić information content (AvgIpc) is 2.85. The molecule has 0 aliphatic carbocycles. The Morgan fingerprint density at radius 2 is 1.88 bits per heavy atom. The lowest BCUT2D eigenvalue weighted by Gasteiger charge is -2.29. The molecule has 8 nitrogen and oxygen atoms in total. The monoisotopic (exact) mass is 441 g/mol. The van der Waals surface area contributed by atoms with E-state index in [9.17, 15) is 4.79 Å². The van der Waals surface area contributed by atoms with Gasteiger partial charge in [-0.25, -0.2) is 15.0 Å². The summed E-state index contributed by atoms with van der Waals surface area (Å²) in [5.74, 6) is 1.44. The van der Waals surface area contributed by atoms with Gasteiger partial charge in [-0.2, -0.15) is 0 Å². The van der Waals surface area contributed by atoms with Crippen molar-refractivity contribution < 1.29 is 4.79 Å². The smallest absolute Gasteiger partial charge is 0.219 e. The highest BCUT2D eigenvalue weighted by molar-refractivity contribution is 5.79. The number of piperidine rings is 1. The molecule has 3 aromatic rings. The lowest BCUT2D eigenvalue weighted by Crippen LogP contribution is -2.29. The second kappa shape index (κ2) is 8.99. The number of fused-ring (bicyclic) bond motifs is 1. The minimum Gasteiger partial charge on any atom is -0.378 e. The van der Waals surface area contributed by atoms with E-state index in [1.807, 2.05) is 12.1 Å². The van der Waals surface area contributed by atoms with Crippen molar-refractivity contribution in [2.45, 2.75) is 24.8 Å². The van der Waals surface area contributed by atoms with Gasteiger partial charge >= 0.3 is 0 Å². The van der Waals surface area contributed by atoms with E-state index in [0.717, 1.165) is 41.8 Å². The molecular weight excluding hydrogens is 414 g/mol. The SMILES string of the molecule is CN1CCC(c2ccc(Nc3nc(-c4cnc(N)nc4)cc4c3C(C=O)NC=C4)cc2)CC1. The maximum atomic E-state index is 11.8. The van der Waals surface area contributed by atoms with Crippen LogP contribution in [0.5, 0.6) is 0 Å². The van der Waals surface area contributed by atoms with Crippen LogP contribution in [0.2, 0.25) is 0 Å². The molecule has 4 N–H and O–H groups in total. The summed E-state index contributed by atoms with van der Waals surface area (Å²) in [6.45, 7) is 2.27. The minimum atomic E-state index is -0.477. The van der Waals surface area contributed by atoms with Crippen molar-refractivity contribution in [3.05, 3.63) is 65.6 Å². The quantitative estimate of drug-likeness (QED) is 0.516. The number of aromatic nitrogens is 3. The third kappa shape index (κ3) is 4.42. The number of nitrogens with zero attached hydrogens (tertiary/aromatic N) is 4. The Hall–Kier alpha value is -3.78. The summed E-state index contributed by atoms with van der Waals surface area (Å²) >= 11 is 0. The molecule has 1 unspecified atom stereocenters. The van der Waals surface area contributed by atoms with Crippen LogP contribution >= 0.6 is 0 Å². The zero-order valence-electron chi connectivity index (χ0n) is 18.5. The number of hydrogen-bond acceptors (Lipinski definition) is 8. The first-order valence-electron chi connectivity index (χ1n) is 11.2. The molecule has 0 amide bonds. The van der Waals surface area contributed by atoms with Gasteiger partial charge in [0.25, 0.3) is 0 Å². The number of nitrogen functional groups attached to an aromatic ring is 1. The summed E-state index contributed by atoms with van der Waals surface area (Å²) in [6.07, 6.45) is 10.3. The van der Waals surface area contributed by atoms with E-state index < -0.39 is 6.04 Å². The molecule has 2 aliphatic rings. The first-order valence-corrected chi connectivity index (χ1v) is 11.2. The van der Waals surface area contributed by atoms with Crippen LogP contribution in [-0.2, 0) is 4.79 Å². The van der Waals surface area contributed by atoms with Gasteiger partial charge in [-0.3, -0.25) is 0 Å². The van der Waals surface area contributed by atoms with Crippen LogP contribution < -0.4 is 16.4 Å². The Labute approximate surface area is 193 Å². The summed E-state index contributed by atoms with van der Waals surface area (Å²) in [4.78, 5) is 27.2. The van der Waals surface area contributed by atoms with Gasteiger partial charge in [-0.1, -0.05) is 12.1 Å². The molecule has 1 fully saturated rings. The predicted octanol–water partition coefficient (Wildman–Crippen LogP) is 3.49. The van der Waals surface area contributed by atoms with Gasteiger partial charge in [0.1, 0.15) is 18.1 Å². The summed E-state index contributed by atoms with van der Waals surface area (Å²) in [7, 11) is 2.18. The van der Waals surface area contributed by atoms with E-state index in [2.05, 4.69) is 56.8 Å². The number of likely N-dealkylation sites (tertiary alicyclic amines) is 1. The Kier molecular flexibility index (Phi) is 5.75. The highest BCUT2D eigenvalue weighted by atomic mass is 16.1. The number of carbonyl (C=O) groups excluding carboxylic acids is 1. The standard InChI is InChI=1S/C25H27N7O/c1-32-10-7-17(8-11-32)16-2-4-20(5-3-16)30-24-23-18(6-9-27-22(23)15-33)12-21(31-24)19-13-28-25(26)29-14-19/h2-6,9,12-15,17,22,27H,7-8,10-11H2,1H3,(H,30,31)(H2,26,28,29). The molecule has 5 rings (SSSR count). The van der Waals surface area contributed by atoms with Crippen molar-refractivity contribution in [2.24, 2.45) is 0 Å². The van der Waals surface area contributed by atoms with Gasteiger partial charge in [0.05, 0.1) is 5.69 Å². The number of hydrogen-bond donors (Lipinski definition) is 3. The second-order valence-electron chi connectivity index (χ2n) is 8.63. The Morgan fingerprint density at radius 1 is 1.15 bits per heavy atom. The molecule has 0 radical (unpaired) electrons. The number of anilines is 3. The number of aldehydes is 1. The summed E-state index contributed by atoms with van der Waals surface area (Å²) < 4.78 is 0. The molecule has 1 atom stereocenters. The molecule has 2 aromatic heterocycles. The summed E-state index contributed by atoms with van der Waals surface area (Å²) in [5, 5.41) is 6.54. The van der Waals surface area contributed by atoms with Crippen molar-refractivity contribution in [3.63, 3.8) is 0 Å². The first kappa shape index (κ1) is 21.1. The molecule has 2 aliphatic heterocycles. The Morgan fingerprint density at radius 3 is 2.58 bits per heavy atom. The number of benzene rings is 1. The van der Waals surface area contributed by atoms with Crippen molar-refractivity contribution >= 4 is 29.8 Å². The lowest BCUT2D eigenvalue weighted by molar-refractivity contribution is -0.109. The molecule has 1 aromatic carbocycles. The van der Waals surface area contributed by atoms with Gasteiger partial charge in [0.15, 0.2) is 0 Å². The maximum Gasteiger partial charge on any atom is 0.219 e. The molecule has 8 heteroatoms. The van der Waals surface area contributed by atoms with E-state index in [4.69, 9.17) is 10.7 Å². The molecule has 1 saturated heterocycles. The van der Waals surface area contributed by atoms with Crippen molar-refractivity contribution in [1.82, 2.24) is 25.2 Å². The van der Waals surface area contributed by atoms with Crippen LogP contribution in [0.4, 0.5) is 17.5 Å². The second-order valence-corrected chi connectivity index (χ2v) is 8.63. The number of nitrogens with one attached hydrogen (secondary N) is 2. The average molecular weight is 442 g/mol. The van der Waals surface area contributed by atoms with Crippen molar-refractivity contribution in [2.75, 3.05) is 31.2 Å². The van der Waals surface area contributed by atoms with E-state index >= 15 is 0 Å². The fourth-order valence-electron chi connectivity index (χ4n) is 4.50. The highest BCUT2D eigenvalue weighted by Crippen LogP contribution is 2.34. The summed E-state index contributed by atoms with van der Waals surface area (Å²) in [5.41, 5.74) is 11.1. The first-order chi connectivity index (χ1) is 16.1. The van der Waals surface area contributed by atoms with Crippen LogP contribution in [0.25, 0.3) is 17.3 Å². The maximum absolute atomic E-state index is 11.8. The third-order valence-electron chi connectivity index (χ3n) is 6.41. The molecule has 0 saturated carbocycles. The van der Waals surface area contributed by atoms with Crippen LogP contribution in [0, 0.1) is 0 Å². The molecular formula is C25H27N7O. The van der Waals surface area contributed by atoms with Gasteiger partial charge in [0, 0.05) is 29.2 Å². The summed E-state index contributed by atoms with van der Waals surface area (Å²) in [6, 6.07) is 10.0. The van der Waals surface area contributed by atoms with Crippen molar-refractivity contribution in [1.29, 1.82) is 0 Å². The van der Waals surface area contributed by atoms with Gasteiger partial charge < -0.3 is 26.1 Å². The highest BCUT2D eigenvalue weighted by Gasteiger charge is 2.23. The molecule has 0 bridgehead atoms. The number of nitrogens with two attached hydrogens (primary N) is 1. The normalized spacial score (nSPS) is 18.4. The zero-order valence-corrected chi connectivity index (χ0v) is 18.5. The largest absolute Gasteiger partial charge is 0.378 e. The molecule has 4 heterocycles. The van der Waals surface area contributed by atoms with E-state index in [1.54, 1.807) is 18.6 Å². The Bertz CT molecular complexity index is 1170. The molecule has 33 heavy (non-hydrogen) atoms. The van der Waals surface area contributed by atoms with Crippen molar-refractivity contribution in [3.8, 4) is 11.3 Å². The molecule has 168 valence electrons. The predicted molar refractivity (Wildman–Crippen MR) is 130 cm³/mol. The molecule has 0 spiro atoms. The van der Waals surface area contributed by atoms with E-state index in [0.29, 0.717) is 17.4 Å². The van der Waals surface area contributed by atoms with Gasteiger partial charge in [-0.15, -0.1) is 0 Å². The zero-order chi connectivity index (χ0) is 22.8. The lowest BCUT2D eigenvalue weighted by atomic mass is 9.89. The van der Waals surface area contributed by atoms with Crippen LogP contribution in [0.15, 0.2) is 48.9 Å². The number of rotatable bonds is 5. The third-order valence-corrected chi connectivity index (χ3v) is 6.41. The fraction of sp³-hybridized carbons (Fsp3) is 0.280. The minimum absolute atomic E-state index is 0.213. The van der Waals surface area contributed by atoms with Gasteiger partial charge in [-0.05, 0) is 80.5 Å². The Balaban J connectivity index is 1.47. The van der Waals surface area contributed by atoms with E-state index in [1.165, 1.54) is 18.4 Å². The van der Waals surface area contributed by atoms with Crippen LogP contribution in [-0.4, -0.2) is 46.3 Å². The fourth-order valence-corrected chi connectivity index (χ4v) is 4.50. The van der Waals surface area contributed by atoms with E-state index in [-0.39, 0.29) is 5.95 Å². The number of carbonyl (C=O) groups is 1. The van der Waals surface area contributed by atoms with Crippen LogP contribution in [0.1, 0.15) is 41.5 Å². The number of pyridine rings is 1.